The van der Waals surface area contributed by atoms with E-state index in [9.17, 15) is 4.79 Å². The van der Waals surface area contributed by atoms with Gasteiger partial charge in [-0.1, -0.05) is 19.9 Å². The van der Waals surface area contributed by atoms with Crippen molar-refractivity contribution >= 4 is 34.2 Å². The van der Waals surface area contributed by atoms with Crippen molar-refractivity contribution in [3.05, 3.63) is 39.5 Å². The lowest BCUT2D eigenvalue weighted by Crippen LogP contribution is -2.13. The van der Waals surface area contributed by atoms with Crippen LogP contribution in [0.3, 0.4) is 0 Å². The Morgan fingerprint density at radius 3 is 2.83 bits per heavy atom. The molecule has 5 nitrogen and oxygen atoms in total. The van der Waals surface area contributed by atoms with E-state index in [0.29, 0.717) is 5.82 Å². The van der Waals surface area contributed by atoms with Crippen molar-refractivity contribution in [1.82, 2.24) is 15.2 Å². The third-order valence-electron chi connectivity index (χ3n) is 2.34. The first-order chi connectivity index (χ1) is 8.56. The first-order valence-electron chi connectivity index (χ1n) is 5.55. The summed E-state index contributed by atoms with van der Waals surface area (Å²) >= 11 is 2.19. The third-order valence-corrected chi connectivity index (χ3v) is 3.01. The van der Waals surface area contributed by atoms with Crippen LogP contribution in [0.15, 0.2) is 24.3 Å². The van der Waals surface area contributed by atoms with Gasteiger partial charge in [0.15, 0.2) is 0 Å². The summed E-state index contributed by atoms with van der Waals surface area (Å²) in [6, 6.07) is 7.55. The number of H-pyrrole nitrogens is 1. The minimum atomic E-state index is -0.305. The molecule has 94 valence electrons. The van der Waals surface area contributed by atoms with E-state index in [1.807, 2.05) is 38.1 Å². The van der Waals surface area contributed by atoms with E-state index in [0.717, 1.165) is 9.26 Å². The number of amides is 1. The van der Waals surface area contributed by atoms with E-state index in [1.54, 1.807) is 0 Å². The fourth-order valence-corrected chi connectivity index (χ4v) is 1.93. The summed E-state index contributed by atoms with van der Waals surface area (Å²) in [5, 5.41) is 9.43. The molecule has 0 aliphatic rings. The molecule has 0 fully saturated rings. The summed E-state index contributed by atoms with van der Waals surface area (Å²) in [6.45, 7) is 3.98. The number of benzene rings is 1. The Bertz CT molecular complexity index is 565. The van der Waals surface area contributed by atoms with Crippen molar-refractivity contribution in [2.45, 2.75) is 19.8 Å². The second-order valence-corrected chi connectivity index (χ2v) is 5.41. The van der Waals surface area contributed by atoms with Crippen LogP contribution in [-0.4, -0.2) is 21.1 Å². The van der Waals surface area contributed by atoms with Gasteiger partial charge in [-0.2, -0.15) is 0 Å². The highest BCUT2D eigenvalue weighted by atomic mass is 127. The normalized spacial score (nSPS) is 10.7. The zero-order valence-electron chi connectivity index (χ0n) is 10.1. The molecule has 2 aromatic rings. The van der Waals surface area contributed by atoms with Crippen LogP contribution < -0.4 is 5.32 Å². The molecule has 0 aliphatic heterocycles. The van der Waals surface area contributed by atoms with Crippen LogP contribution in [0.5, 0.6) is 0 Å². The summed E-state index contributed by atoms with van der Waals surface area (Å²) in [6.07, 6.45) is 0. The maximum atomic E-state index is 11.9. The second-order valence-electron chi connectivity index (χ2n) is 4.16. The molecular weight excluding hydrogens is 343 g/mol. The highest BCUT2D eigenvalue weighted by molar-refractivity contribution is 14.1. The number of hydrogen-bond donors (Lipinski definition) is 2. The van der Waals surface area contributed by atoms with E-state index in [-0.39, 0.29) is 17.6 Å². The number of halogens is 1. The predicted octanol–water partition coefficient (Wildman–Crippen LogP) is 2.79. The quantitative estimate of drug-likeness (QED) is 0.831. The molecule has 0 saturated carbocycles. The summed E-state index contributed by atoms with van der Waals surface area (Å²) < 4.78 is 1.06. The summed E-state index contributed by atoms with van der Waals surface area (Å²) in [7, 11) is 0. The number of hydrogen-bond acceptors (Lipinski definition) is 3. The topological polar surface area (TPSA) is 70.7 Å². The Labute approximate surface area is 119 Å². The number of aromatic nitrogens is 3. The molecule has 6 heteroatoms. The van der Waals surface area contributed by atoms with Gasteiger partial charge >= 0.3 is 0 Å². The number of carbonyl (C=O) groups excluding carboxylic acids is 1. The number of rotatable bonds is 3. The molecule has 1 amide bonds. The Kier molecular flexibility index (Phi) is 3.95. The van der Waals surface area contributed by atoms with Gasteiger partial charge in [-0.15, -0.1) is 5.10 Å². The molecule has 2 rings (SSSR count). The first kappa shape index (κ1) is 13.0. The molecule has 0 aliphatic carbocycles. The molecule has 0 saturated heterocycles. The van der Waals surface area contributed by atoms with Gasteiger partial charge in [-0.05, 0) is 40.8 Å². The van der Waals surface area contributed by atoms with Crippen LogP contribution in [0.2, 0.25) is 0 Å². The standard InChI is InChI=1S/C12H13IN4O/c1-7(2)10-15-11(17-16-10)12(18)14-9-5-3-4-8(13)6-9/h3-7H,1-2H3,(H,14,18)(H,15,16,17). The SMILES string of the molecule is CC(C)c1nc(C(=O)Nc2cccc(I)c2)n[nH]1. The van der Waals surface area contributed by atoms with Gasteiger partial charge in [0.2, 0.25) is 5.82 Å². The van der Waals surface area contributed by atoms with E-state index >= 15 is 0 Å². The van der Waals surface area contributed by atoms with Crippen molar-refractivity contribution in [3.63, 3.8) is 0 Å². The highest BCUT2D eigenvalue weighted by Gasteiger charge is 2.14. The smallest absolute Gasteiger partial charge is 0.295 e. The third kappa shape index (κ3) is 3.06. The van der Waals surface area contributed by atoms with Gasteiger partial charge in [0.25, 0.3) is 5.91 Å². The number of nitrogens with one attached hydrogen (secondary N) is 2. The highest BCUT2D eigenvalue weighted by Crippen LogP contribution is 2.13. The van der Waals surface area contributed by atoms with Gasteiger partial charge in [0, 0.05) is 15.2 Å². The van der Waals surface area contributed by atoms with Gasteiger partial charge in [-0.25, -0.2) is 4.98 Å². The number of nitrogens with zero attached hydrogens (tertiary/aromatic N) is 2. The fourth-order valence-electron chi connectivity index (χ4n) is 1.39. The lowest BCUT2D eigenvalue weighted by Gasteiger charge is -2.02. The number of anilines is 1. The van der Waals surface area contributed by atoms with Crippen molar-refractivity contribution in [1.29, 1.82) is 0 Å². The lowest BCUT2D eigenvalue weighted by molar-refractivity contribution is 0.101. The first-order valence-corrected chi connectivity index (χ1v) is 6.63. The zero-order chi connectivity index (χ0) is 13.1. The maximum Gasteiger partial charge on any atom is 0.295 e. The van der Waals surface area contributed by atoms with E-state index in [4.69, 9.17) is 0 Å². The molecular formula is C12H13IN4O. The van der Waals surface area contributed by atoms with Crippen LogP contribution in [0.4, 0.5) is 5.69 Å². The summed E-state index contributed by atoms with van der Waals surface area (Å²) in [4.78, 5) is 16.1. The Morgan fingerprint density at radius 1 is 1.44 bits per heavy atom. The molecule has 1 heterocycles. The van der Waals surface area contributed by atoms with Gasteiger partial charge in [-0.3, -0.25) is 9.89 Å². The molecule has 2 N–H and O–H groups in total. The van der Waals surface area contributed by atoms with E-state index in [1.165, 1.54) is 0 Å². The molecule has 0 bridgehead atoms. The van der Waals surface area contributed by atoms with Crippen LogP contribution in [0.1, 0.15) is 36.2 Å². The largest absolute Gasteiger partial charge is 0.319 e. The molecule has 1 aromatic heterocycles. The molecule has 0 radical (unpaired) electrons. The fraction of sp³-hybridized carbons (Fsp3) is 0.250. The summed E-state index contributed by atoms with van der Waals surface area (Å²) in [5.41, 5.74) is 0.739. The van der Waals surface area contributed by atoms with E-state index in [2.05, 4.69) is 43.1 Å². The van der Waals surface area contributed by atoms with Crippen LogP contribution in [-0.2, 0) is 0 Å². The van der Waals surface area contributed by atoms with Crippen molar-refractivity contribution in [3.8, 4) is 0 Å². The Hall–Kier alpha value is -1.44. The van der Waals surface area contributed by atoms with Crippen molar-refractivity contribution < 1.29 is 4.79 Å². The Morgan fingerprint density at radius 2 is 2.22 bits per heavy atom. The molecule has 0 unspecified atom stereocenters. The monoisotopic (exact) mass is 356 g/mol. The van der Waals surface area contributed by atoms with Crippen LogP contribution in [0.25, 0.3) is 0 Å². The van der Waals surface area contributed by atoms with Crippen LogP contribution >= 0.6 is 22.6 Å². The lowest BCUT2D eigenvalue weighted by atomic mass is 10.2. The molecule has 1 aromatic carbocycles. The maximum absolute atomic E-state index is 11.9. The Balaban J connectivity index is 2.12. The van der Waals surface area contributed by atoms with Crippen molar-refractivity contribution in [2.75, 3.05) is 5.32 Å². The van der Waals surface area contributed by atoms with Crippen molar-refractivity contribution in [2.24, 2.45) is 0 Å². The predicted molar refractivity (Wildman–Crippen MR) is 77.6 cm³/mol. The molecule has 0 atom stereocenters. The van der Waals surface area contributed by atoms with Gasteiger partial charge < -0.3 is 5.32 Å². The second kappa shape index (κ2) is 5.47. The zero-order valence-corrected chi connectivity index (χ0v) is 12.2. The molecule has 0 spiro atoms. The van der Waals surface area contributed by atoms with Crippen LogP contribution in [0, 0.1) is 3.57 Å². The molecule has 18 heavy (non-hydrogen) atoms. The minimum absolute atomic E-state index is 0.164. The van der Waals surface area contributed by atoms with Gasteiger partial charge in [0.05, 0.1) is 0 Å². The van der Waals surface area contributed by atoms with Gasteiger partial charge in [0.1, 0.15) is 5.82 Å². The minimum Gasteiger partial charge on any atom is -0.319 e. The summed E-state index contributed by atoms with van der Waals surface area (Å²) in [5.74, 6) is 0.789. The number of carbonyl (C=O) groups is 1. The number of aromatic amines is 1. The average molecular weight is 356 g/mol. The van der Waals surface area contributed by atoms with E-state index < -0.39 is 0 Å². The average Bonchev–Trinajstić information content (AvgIpc) is 2.78.